The van der Waals surface area contributed by atoms with Gasteiger partial charge < -0.3 is 15.4 Å². The fraction of sp³-hybridized carbons (Fsp3) is 0.360. The van der Waals surface area contributed by atoms with E-state index < -0.39 is 17.2 Å². The van der Waals surface area contributed by atoms with Crippen LogP contribution in [0.5, 0.6) is 0 Å². The number of aromatic nitrogens is 2. The van der Waals surface area contributed by atoms with Gasteiger partial charge in [-0.25, -0.2) is 8.78 Å². The lowest BCUT2D eigenvalue weighted by Gasteiger charge is -2.31. The van der Waals surface area contributed by atoms with E-state index in [0.29, 0.717) is 31.1 Å². The molecule has 9 heteroatoms. The lowest BCUT2D eigenvalue weighted by Crippen LogP contribution is -2.36. The van der Waals surface area contributed by atoms with E-state index in [1.807, 2.05) is 36.9 Å². The monoisotopic (exact) mass is 467 g/mol. The Hall–Kier alpha value is -3.14. The summed E-state index contributed by atoms with van der Waals surface area (Å²) in [6, 6.07) is 11.6. The Labute approximate surface area is 196 Å². The number of rotatable bonds is 5. The molecule has 0 aliphatic carbocycles. The summed E-state index contributed by atoms with van der Waals surface area (Å²) < 4.78 is 33.6. The smallest absolute Gasteiger partial charge is 0.257 e. The Morgan fingerprint density at radius 3 is 2.85 bits per heavy atom. The molecular weight excluding hydrogens is 440 g/mol. The van der Waals surface area contributed by atoms with Crippen LogP contribution in [0.2, 0.25) is 0 Å². The summed E-state index contributed by atoms with van der Waals surface area (Å²) in [5.41, 5.74) is 2.88. The molecule has 5 rings (SSSR count). The molecule has 0 bridgehead atoms. The highest BCUT2D eigenvalue weighted by Gasteiger charge is 2.41. The van der Waals surface area contributed by atoms with Crippen molar-refractivity contribution in [2.45, 2.75) is 38.5 Å². The molecule has 3 N–H and O–H groups in total. The lowest BCUT2D eigenvalue weighted by atomic mass is 9.99. The van der Waals surface area contributed by atoms with E-state index in [1.54, 1.807) is 12.1 Å². The summed E-state index contributed by atoms with van der Waals surface area (Å²) in [6.45, 7) is 6.52. The molecule has 178 valence electrons. The van der Waals surface area contributed by atoms with Crippen LogP contribution in [-0.2, 0) is 23.4 Å². The predicted molar refractivity (Wildman–Crippen MR) is 123 cm³/mol. The van der Waals surface area contributed by atoms with E-state index in [9.17, 15) is 13.6 Å². The summed E-state index contributed by atoms with van der Waals surface area (Å²) >= 11 is 0. The molecular formula is C25H27F2N5O2. The summed E-state index contributed by atoms with van der Waals surface area (Å²) in [5, 5.41) is 13.7. The SMILES string of the molecule is CC1(C)c2[nH]nc(NC(=O)c3ccccc3C3COCCN3)c2CN1Cc1cccc(F)c1F. The number of halogens is 2. The third-order valence-corrected chi connectivity index (χ3v) is 6.75. The molecule has 7 nitrogen and oxygen atoms in total. The van der Waals surface area contributed by atoms with Crippen molar-refractivity contribution in [1.82, 2.24) is 20.4 Å². The van der Waals surface area contributed by atoms with E-state index in [0.717, 1.165) is 29.4 Å². The number of carbonyl (C=O) groups excluding carboxylic acids is 1. The van der Waals surface area contributed by atoms with Gasteiger partial charge in [-0.1, -0.05) is 30.3 Å². The van der Waals surface area contributed by atoms with Crippen LogP contribution in [0.3, 0.4) is 0 Å². The number of benzene rings is 2. The predicted octanol–water partition coefficient (Wildman–Crippen LogP) is 3.85. The zero-order valence-electron chi connectivity index (χ0n) is 19.1. The van der Waals surface area contributed by atoms with Gasteiger partial charge in [0.15, 0.2) is 17.5 Å². The first-order chi connectivity index (χ1) is 16.4. The molecule has 2 aromatic carbocycles. The maximum absolute atomic E-state index is 14.3. The van der Waals surface area contributed by atoms with Gasteiger partial charge >= 0.3 is 0 Å². The van der Waals surface area contributed by atoms with Crippen LogP contribution in [0.4, 0.5) is 14.6 Å². The van der Waals surface area contributed by atoms with Crippen molar-refractivity contribution in [3.05, 3.63) is 82.0 Å². The Balaban J connectivity index is 1.37. The van der Waals surface area contributed by atoms with E-state index in [1.165, 1.54) is 6.07 Å². The van der Waals surface area contributed by atoms with Gasteiger partial charge in [0.1, 0.15) is 0 Å². The molecule has 0 spiro atoms. The number of morpholine rings is 1. The Morgan fingerprint density at radius 1 is 1.24 bits per heavy atom. The fourth-order valence-electron chi connectivity index (χ4n) is 4.75. The van der Waals surface area contributed by atoms with Crippen molar-refractivity contribution in [3.8, 4) is 0 Å². The van der Waals surface area contributed by atoms with Crippen molar-refractivity contribution in [1.29, 1.82) is 0 Å². The van der Waals surface area contributed by atoms with Gasteiger partial charge in [-0.3, -0.25) is 14.8 Å². The standard InChI is InChI=1S/C25H27F2N5O2/c1-25(2)22-18(13-32(25)12-15-6-5-9-19(26)21(15)27)23(31-30-22)29-24(33)17-8-4-3-7-16(17)20-14-34-11-10-28-20/h3-9,20,28H,10-14H2,1-2H3,(H2,29,30,31,33). The second-order valence-corrected chi connectivity index (χ2v) is 9.18. The molecule has 3 heterocycles. The first-order valence-corrected chi connectivity index (χ1v) is 11.3. The first-order valence-electron chi connectivity index (χ1n) is 11.3. The van der Waals surface area contributed by atoms with E-state index >= 15 is 0 Å². The zero-order chi connectivity index (χ0) is 23.9. The number of carbonyl (C=O) groups is 1. The Bertz CT molecular complexity index is 1220. The van der Waals surface area contributed by atoms with Crippen molar-refractivity contribution < 1.29 is 18.3 Å². The molecule has 2 aliphatic rings. The minimum absolute atomic E-state index is 0.0591. The van der Waals surface area contributed by atoms with Crippen molar-refractivity contribution in [2.75, 3.05) is 25.1 Å². The highest BCUT2D eigenvalue weighted by atomic mass is 19.2. The highest BCUT2D eigenvalue weighted by Crippen LogP contribution is 2.41. The third kappa shape index (κ3) is 4.00. The average Bonchev–Trinajstić information content (AvgIpc) is 3.35. The fourth-order valence-corrected chi connectivity index (χ4v) is 4.75. The van der Waals surface area contributed by atoms with E-state index in [-0.39, 0.29) is 24.1 Å². The van der Waals surface area contributed by atoms with Crippen LogP contribution in [0.25, 0.3) is 0 Å². The number of anilines is 1. The molecule has 1 unspecified atom stereocenters. The van der Waals surface area contributed by atoms with Gasteiger partial charge in [-0.05, 0) is 31.5 Å². The Kier molecular flexibility index (Phi) is 5.93. The number of hydrogen-bond donors (Lipinski definition) is 3. The number of ether oxygens (including phenoxy) is 1. The second kappa shape index (κ2) is 8.90. The summed E-state index contributed by atoms with van der Waals surface area (Å²) in [6.07, 6.45) is 0. The van der Waals surface area contributed by atoms with Gasteiger partial charge in [-0.2, -0.15) is 5.10 Å². The maximum atomic E-state index is 14.3. The van der Waals surface area contributed by atoms with Gasteiger partial charge in [0.2, 0.25) is 0 Å². The maximum Gasteiger partial charge on any atom is 0.257 e. The normalized spacial score (nSPS) is 19.7. The van der Waals surface area contributed by atoms with Crippen LogP contribution in [-0.4, -0.2) is 40.8 Å². The quantitative estimate of drug-likeness (QED) is 0.531. The molecule has 1 saturated heterocycles. The summed E-state index contributed by atoms with van der Waals surface area (Å²) in [4.78, 5) is 15.3. The largest absolute Gasteiger partial charge is 0.378 e. The van der Waals surface area contributed by atoms with E-state index in [2.05, 4.69) is 20.8 Å². The minimum Gasteiger partial charge on any atom is -0.378 e. The molecule has 1 amide bonds. The number of H-pyrrole nitrogens is 1. The highest BCUT2D eigenvalue weighted by molar-refractivity contribution is 6.05. The van der Waals surface area contributed by atoms with Crippen LogP contribution in [0.1, 0.15) is 52.6 Å². The molecule has 2 aliphatic heterocycles. The number of nitrogens with one attached hydrogen (secondary N) is 3. The Morgan fingerprint density at radius 2 is 2.06 bits per heavy atom. The minimum atomic E-state index is -0.862. The van der Waals surface area contributed by atoms with Crippen molar-refractivity contribution in [3.63, 3.8) is 0 Å². The molecule has 34 heavy (non-hydrogen) atoms. The van der Waals surface area contributed by atoms with Crippen LogP contribution in [0, 0.1) is 11.6 Å². The summed E-state index contributed by atoms with van der Waals surface area (Å²) in [7, 11) is 0. The molecule has 1 aromatic heterocycles. The average molecular weight is 468 g/mol. The molecule has 1 atom stereocenters. The lowest BCUT2D eigenvalue weighted by molar-refractivity contribution is 0.0763. The van der Waals surface area contributed by atoms with Crippen LogP contribution >= 0.6 is 0 Å². The number of amides is 1. The molecule has 3 aromatic rings. The molecule has 1 fully saturated rings. The molecule has 0 radical (unpaired) electrons. The third-order valence-electron chi connectivity index (χ3n) is 6.75. The number of hydrogen-bond acceptors (Lipinski definition) is 5. The van der Waals surface area contributed by atoms with Gasteiger partial charge in [0.25, 0.3) is 5.91 Å². The van der Waals surface area contributed by atoms with Crippen molar-refractivity contribution in [2.24, 2.45) is 0 Å². The van der Waals surface area contributed by atoms with E-state index in [4.69, 9.17) is 4.74 Å². The first kappa shape index (κ1) is 22.6. The summed E-state index contributed by atoms with van der Waals surface area (Å²) in [5.74, 6) is -1.51. The topological polar surface area (TPSA) is 82.3 Å². The second-order valence-electron chi connectivity index (χ2n) is 9.18. The number of aromatic amines is 1. The van der Waals surface area contributed by atoms with Gasteiger partial charge in [0.05, 0.1) is 30.5 Å². The molecule has 0 saturated carbocycles. The van der Waals surface area contributed by atoms with Crippen LogP contribution in [0.15, 0.2) is 42.5 Å². The van der Waals surface area contributed by atoms with Crippen molar-refractivity contribution >= 4 is 11.7 Å². The van der Waals surface area contributed by atoms with Crippen LogP contribution < -0.4 is 10.6 Å². The van der Waals surface area contributed by atoms with Gasteiger partial charge in [-0.15, -0.1) is 0 Å². The van der Waals surface area contributed by atoms with Gasteiger partial charge in [0, 0.05) is 36.3 Å². The number of fused-ring (bicyclic) bond motifs is 1. The zero-order valence-corrected chi connectivity index (χ0v) is 19.1. The number of nitrogens with zero attached hydrogens (tertiary/aromatic N) is 2.